The van der Waals surface area contributed by atoms with E-state index in [0.717, 1.165) is 28.3 Å². The average molecular weight is 321 g/mol. The number of aromatic nitrogens is 2. The molecular weight excluding hydrogens is 300 g/mol. The largest absolute Gasteiger partial charge is 0.294 e. The third-order valence-corrected chi connectivity index (χ3v) is 4.99. The Kier molecular flexibility index (Phi) is 4.35. The van der Waals surface area contributed by atoms with Gasteiger partial charge in [-0.2, -0.15) is 13.0 Å². The van der Waals surface area contributed by atoms with Gasteiger partial charge >= 0.3 is 0 Å². The molecule has 0 aliphatic rings. The van der Waals surface area contributed by atoms with Gasteiger partial charge in [-0.1, -0.05) is 17.7 Å². The van der Waals surface area contributed by atoms with Crippen molar-refractivity contribution >= 4 is 10.1 Å². The molecule has 0 aliphatic carbocycles. The molecule has 22 heavy (non-hydrogen) atoms. The van der Waals surface area contributed by atoms with Gasteiger partial charge in [-0.3, -0.25) is 4.55 Å². The summed E-state index contributed by atoms with van der Waals surface area (Å²) in [4.78, 5) is 4.47. The molecule has 0 unspecified atom stereocenters. The lowest BCUT2D eigenvalue weighted by Crippen LogP contribution is -2.40. The van der Waals surface area contributed by atoms with E-state index in [9.17, 15) is 13.0 Å². The minimum Gasteiger partial charge on any atom is -0.282 e. The second-order valence-corrected chi connectivity index (χ2v) is 7.03. The summed E-state index contributed by atoms with van der Waals surface area (Å²) in [5.74, 6) is 0. The summed E-state index contributed by atoms with van der Waals surface area (Å²) >= 11 is 0. The summed E-state index contributed by atoms with van der Waals surface area (Å²) in [6, 6.07) is 4.92. The summed E-state index contributed by atoms with van der Waals surface area (Å²) in [5.41, 5.74) is 5.28. The zero-order valence-electron chi connectivity index (χ0n) is 13.5. The van der Waals surface area contributed by atoms with Crippen LogP contribution in [0.1, 0.15) is 33.9 Å². The molecular formula is C16H21N2O3S+. The van der Waals surface area contributed by atoms with Crippen LogP contribution < -0.4 is 4.57 Å². The molecule has 1 N–H and O–H groups in total. The van der Waals surface area contributed by atoms with E-state index in [0.29, 0.717) is 12.0 Å². The molecule has 1 aromatic heterocycles. The first-order valence-corrected chi connectivity index (χ1v) is 8.45. The number of aryl methyl sites for hydroxylation is 3. The maximum atomic E-state index is 11.6. The molecule has 118 valence electrons. The van der Waals surface area contributed by atoms with Gasteiger partial charge in [-0.15, -0.1) is 0 Å². The van der Waals surface area contributed by atoms with Crippen molar-refractivity contribution in [1.29, 1.82) is 0 Å². The van der Waals surface area contributed by atoms with Crippen LogP contribution in [0.4, 0.5) is 0 Å². The second-order valence-electron chi connectivity index (χ2n) is 5.64. The molecule has 0 fully saturated rings. The van der Waals surface area contributed by atoms with Crippen LogP contribution in [0.25, 0.3) is 0 Å². The van der Waals surface area contributed by atoms with E-state index >= 15 is 0 Å². The van der Waals surface area contributed by atoms with Crippen LogP contribution in [0.15, 0.2) is 23.1 Å². The van der Waals surface area contributed by atoms with Crippen molar-refractivity contribution in [3.8, 4) is 0 Å². The normalized spacial score (nSPS) is 11.7. The van der Waals surface area contributed by atoms with Crippen LogP contribution in [0.5, 0.6) is 0 Å². The Morgan fingerprint density at radius 1 is 1.14 bits per heavy atom. The van der Waals surface area contributed by atoms with Gasteiger partial charge in [0.05, 0.1) is 11.3 Å². The number of benzene rings is 1. The lowest BCUT2D eigenvalue weighted by molar-refractivity contribution is -0.686. The summed E-state index contributed by atoms with van der Waals surface area (Å²) < 4.78 is 34.6. The van der Waals surface area contributed by atoms with Gasteiger partial charge in [-0.25, -0.2) is 4.98 Å². The molecule has 1 aromatic carbocycles. The molecule has 6 heteroatoms. The molecule has 0 saturated carbocycles. The van der Waals surface area contributed by atoms with E-state index in [1.54, 1.807) is 12.1 Å². The van der Waals surface area contributed by atoms with Gasteiger partial charge in [0.2, 0.25) is 5.69 Å². The topological polar surface area (TPSA) is 71.1 Å². The van der Waals surface area contributed by atoms with Crippen molar-refractivity contribution in [3.63, 3.8) is 0 Å². The van der Waals surface area contributed by atoms with E-state index in [1.165, 1.54) is 6.07 Å². The summed E-state index contributed by atoms with van der Waals surface area (Å²) in [6.07, 6.45) is 0.396. The van der Waals surface area contributed by atoms with Crippen molar-refractivity contribution in [1.82, 2.24) is 4.98 Å². The van der Waals surface area contributed by atoms with Crippen LogP contribution in [-0.4, -0.2) is 18.0 Å². The maximum absolute atomic E-state index is 11.6. The first-order valence-electron chi connectivity index (χ1n) is 7.01. The molecule has 0 amide bonds. The van der Waals surface area contributed by atoms with Crippen LogP contribution >= 0.6 is 0 Å². The molecule has 5 nitrogen and oxygen atoms in total. The molecule has 0 atom stereocenters. The van der Waals surface area contributed by atoms with Gasteiger partial charge < -0.3 is 0 Å². The SMILES string of the molecule is Cc1ccc(S(=O)(=O)O)c(Cc2c(C)nc(C)c(C)[n+]2C)c1. The van der Waals surface area contributed by atoms with Crippen LogP contribution in [0.2, 0.25) is 0 Å². The lowest BCUT2D eigenvalue weighted by atomic mass is 10.0. The molecule has 1 heterocycles. The molecule has 0 spiro atoms. The van der Waals surface area contributed by atoms with E-state index in [2.05, 4.69) is 4.98 Å². The molecule has 0 radical (unpaired) electrons. The van der Waals surface area contributed by atoms with Gasteiger partial charge in [0.15, 0.2) is 5.69 Å². The highest BCUT2D eigenvalue weighted by atomic mass is 32.2. The Morgan fingerprint density at radius 3 is 2.36 bits per heavy atom. The summed E-state index contributed by atoms with van der Waals surface area (Å²) in [5, 5.41) is 0. The Bertz CT molecular complexity index is 843. The van der Waals surface area contributed by atoms with E-state index in [4.69, 9.17) is 0 Å². The van der Waals surface area contributed by atoms with Crippen molar-refractivity contribution in [3.05, 3.63) is 52.1 Å². The van der Waals surface area contributed by atoms with Crippen molar-refractivity contribution in [2.45, 2.75) is 39.0 Å². The summed E-state index contributed by atoms with van der Waals surface area (Å²) in [6.45, 7) is 7.72. The quantitative estimate of drug-likeness (QED) is 0.693. The Hall–Kier alpha value is -1.79. The third-order valence-electron chi connectivity index (χ3n) is 4.04. The van der Waals surface area contributed by atoms with Gasteiger partial charge in [0.1, 0.15) is 18.4 Å². The van der Waals surface area contributed by atoms with Crippen LogP contribution in [0.3, 0.4) is 0 Å². The molecule has 0 saturated heterocycles. The fourth-order valence-electron chi connectivity index (χ4n) is 2.61. The minimum atomic E-state index is -4.24. The highest BCUT2D eigenvalue weighted by Gasteiger charge is 2.22. The molecule has 2 aromatic rings. The Labute approximate surface area is 131 Å². The maximum Gasteiger partial charge on any atom is 0.294 e. The molecule has 2 rings (SSSR count). The van der Waals surface area contributed by atoms with Crippen molar-refractivity contribution in [2.24, 2.45) is 7.05 Å². The van der Waals surface area contributed by atoms with Gasteiger partial charge in [0, 0.05) is 6.92 Å². The highest BCUT2D eigenvalue weighted by Crippen LogP contribution is 2.21. The van der Waals surface area contributed by atoms with Crippen LogP contribution in [0, 0.1) is 27.7 Å². The van der Waals surface area contributed by atoms with Gasteiger partial charge in [0.25, 0.3) is 10.1 Å². The fraction of sp³-hybridized carbons (Fsp3) is 0.375. The van der Waals surface area contributed by atoms with Gasteiger partial charge in [-0.05, 0) is 32.4 Å². The predicted octanol–water partition coefficient (Wildman–Crippen LogP) is 1.98. The zero-order chi connectivity index (χ0) is 16.7. The minimum absolute atomic E-state index is 0.0456. The number of hydrogen-bond acceptors (Lipinski definition) is 3. The lowest BCUT2D eigenvalue weighted by Gasteiger charge is -2.11. The van der Waals surface area contributed by atoms with E-state index in [-0.39, 0.29) is 4.90 Å². The van der Waals surface area contributed by atoms with Crippen molar-refractivity contribution < 1.29 is 17.5 Å². The number of hydrogen-bond donors (Lipinski definition) is 1. The Balaban J connectivity index is 2.62. The number of nitrogens with zero attached hydrogens (tertiary/aromatic N) is 2. The van der Waals surface area contributed by atoms with Crippen molar-refractivity contribution in [2.75, 3.05) is 0 Å². The third kappa shape index (κ3) is 3.18. The molecule has 0 bridgehead atoms. The predicted molar refractivity (Wildman–Crippen MR) is 83.4 cm³/mol. The first kappa shape index (κ1) is 16.6. The van der Waals surface area contributed by atoms with E-state index in [1.807, 2.05) is 39.3 Å². The highest BCUT2D eigenvalue weighted by molar-refractivity contribution is 7.85. The number of rotatable bonds is 3. The zero-order valence-corrected chi connectivity index (χ0v) is 14.3. The molecule has 0 aliphatic heterocycles. The standard InChI is InChI=1S/C16H20N2O3S/c1-10-6-7-16(22(19,20)21)14(8-10)9-15-12(3)17-11(2)13(4)18(15)5/h6-8H,9H2,1-5H3/p+1. The summed E-state index contributed by atoms with van der Waals surface area (Å²) in [7, 11) is -2.30. The fourth-order valence-corrected chi connectivity index (χ4v) is 3.31. The monoisotopic (exact) mass is 321 g/mol. The average Bonchev–Trinajstić information content (AvgIpc) is 2.40. The first-order chi connectivity index (χ1) is 10.1. The van der Waals surface area contributed by atoms with E-state index < -0.39 is 10.1 Å². The smallest absolute Gasteiger partial charge is 0.282 e. The van der Waals surface area contributed by atoms with Crippen LogP contribution in [-0.2, 0) is 23.6 Å². The second kappa shape index (κ2) is 5.78. The Morgan fingerprint density at radius 2 is 1.77 bits per heavy atom.